The summed E-state index contributed by atoms with van der Waals surface area (Å²) in [7, 11) is 0. The van der Waals surface area contributed by atoms with Crippen LogP contribution in [-0.4, -0.2) is 17.6 Å². The Bertz CT molecular complexity index is 818. The summed E-state index contributed by atoms with van der Waals surface area (Å²) >= 11 is 9.42. The lowest BCUT2D eigenvalue weighted by atomic mass is 10.0. The largest absolute Gasteiger partial charge is 0.288 e. The predicted octanol–water partition coefficient (Wildman–Crippen LogP) is 3.99. The average Bonchev–Trinajstić information content (AvgIpc) is 2.86. The summed E-state index contributed by atoms with van der Waals surface area (Å²) in [4.78, 5) is 37.9. The molecule has 2 aromatic rings. The highest BCUT2D eigenvalue weighted by atomic mass is 79.9. The fraction of sp³-hybridized carbons (Fsp3) is 0.118. The highest BCUT2D eigenvalue weighted by Gasteiger charge is 2.33. The maximum Gasteiger partial charge on any atom is 0.234 e. The fourth-order valence-corrected chi connectivity index (χ4v) is 3.10. The average molecular weight is 393 g/mol. The first kappa shape index (κ1) is 15.9. The molecule has 2 aromatic carbocycles. The number of carbonyl (C=O) groups is 3. The summed E-state index contributed by atoms with van der Waals surface area (Å²) in [5.41, 5.74) is 0.884. The number of rotatable bonds is 3. The number of carbonyl (C=O) groups excluding carboxylic acids is 3. The van der Waals surface area contributed by atoms with Gasteiger partial charge in [0.15, 0.2) is 5.78 Å². The molecule has 0 saturated carbocycles. The summed E-state index contributed by atoms with van der Waals surface area (Å²) in [6.07, 6.45) is 0.323. The SMILES string of the molecule is O=C(c1ccccc1Cl)c1cc(Br)ccc1N1C(=O)CCC1=O. The van der Waals surface area contributed by atoms with Crippen LogP contribution >= 0.6 is 27.5 Å². The molecule has 2 amide bonds. The van der Waals surface area contributed by atoms with E-state index >= 15 is 0 Å². The predicted molar refractivity (Wildman–Crippen MR) is 90.8 cm³/mol. The number of ketones is 1. The Balaban J connectivity index is 2.14. The second-order valence-corrected chi connectivity index (χ2v) is 6.42. The normalized spacial score (nSPS) is 14.4. The molecular formula is C17H11BrClNO3. The van der Waals surface area contributed by atoms with Crippen LogP contribution in [0.1, 0.15) is 28.8 Å². The zero-order chi connectivity index (χ0) is 16.6. The minimum atomic E-state index is -0.334. The number of amides is 2. The molecule has 0 aliphatic carbocycles. The number of halogens is 2. The molecule has 6 heteroatoms. The molecular weight excluding hydrogens is 382 g/mol. The van der Waals surface area contributed by atoms with Gasteiger partial charge in [-0.25, -0.2) is 4.90 Å². The number of imide groups is 1. The van der Waals surface area contributed by atoms with Gasteiger partial charge in [0.05, 0.1) is 10.7 Å². The van der Waals surface area contributed by atoms with Gasteiger partial charge in [-0.15, -0.1) is 0 Å². The molecule has 0 unspecified atom stereocenters. The van der Waals surface area contributed by atoms with Gasteiger partial charge in [-0.3, -0.25) is 14.4 Å². The van der Waals surface area contributed by atoms with Gasteiger partial charge in [0.2, 0.25) is 11.8 Å². The summed E-state index contributed by atoms with van der Waals surface area (Å²) in [6, 6.07) is 11.6. The van der Waals surface area contributed by atoms with Gasteiger partial charge in [-0.1, -0.05) is 39.7 Å². The van der Waals surface area contributed by atoms with Crippen molar-refractivity contribution in [2.45, 2.75) is 12.8 Å². The number of nitrogens with zero attached hydrogens (tertiary/aromatic N) is 1. The van der Waals surface area contributed by atoms with E-state index in [0.29, 0.717) is 20.7 Å². The second-order valence-electron chi connectivity index (χ2n) is 5.09. The van der Waals surface area contributed by atoms with Crippen molar-refractivity contribution in [1.29, 1.82) is 0 Å². The summed E-state index contributed by atoms with van der Waals surface area (Å²) < 4.78 is 0.677. The number of hydrogen-bond acceptors (Lipinski definition) is 3. The number of anilines is 1. The Hall–Kier alpha value is -1.98. The molecule has 1 heterocycles. The quantitative estimate of drug-likeness (QED) is 0.586. The topological polar surface area (TPSA) is 54.5 Å². The third-order valence-electron chi connectivity index (χ3n) is 3.61. The lowest BCUT2D eigenvalue weighted by Gasteiger charge is -2.18. The summed E-state index contributed by atoms with van der Waals surface area (Å²) in [6.45, 7) is 0. The van der Waals surface area contributed by atoms with Gasteiger partial charge in [-0.05, 0) is 30.3 Å². The molecule has 0 N–H and O–H groups in total. The zero-order valence-corrected chi connectivity index (χ0v) is 14.2. The van der Waals surface area contributed by atoms with E-state index in [1.54, 1.807) is 42.5 Å². The highest BCUT2D eigenvalue weighted by Crippen LogP contribution is 2.31. The third kappa shape index (κ3) is 2.94. The van der Waals surface area contributed by atoms with Crippen molar-refractivity contribution >= 4 is 50.8 Å². The molecule has 1 aliphatic heterocycles. The second kappa shape index (κ2) is 6.26. The third-order valence-corrected chi connectivity index (χ3v) is 4.44. The van der Waals surface area contributed by atoms with Crippen LogP contribution in [0.4, 0.5) is 5.69 Å². The van der Waals surface area contributed by atoms with E-state index in [1.165, 1.54) is 0 Å². The Labute approximate surface area is 146 Å². The Kier molecular flexibility index (Phi) is 4.33. The highest BCUT2D eigenvalue weighted by molar-refractivity contribution is 9.10. The minimum absolute atomic E-state index is 0.161. The molecule has 3 rings (SSSR count). The van der Waals surface area contributed by atoms with Gasteiger partial charge in [0.25, 0.3) is 0 Å². The van der Waals surface area contributed by atoms with Gasteiger partial charge in [-0.2, -0.15) is 0 Å². The first-order chi connectivity index (χ1) is 11.0. The molecule has 0 atom stereocenters. The standard InChI is InChI=1S/C17H11BrClNO3/c18-10-5-6-14(20-15(21)7-8-16(20)22)12(9-10)17(23)11-3-1-2-4-13(11)19/h1-6,9H,7-8H2. The van der Waals surface area contributed by atoms with E-state index in [1.807, 2.05) is 0 Å². The van der Waals surface area contributed by atoms with Crippen molar-refractivity contribution < 1.29 is 14.4 Å². The van der Waals surface area contributed by atoms with Gasteiger partial charge in [0, 0.05) is 28.4 Å². The molecule has 0 aromatic heterocycles. The maximum atomic E-state index is 12.9. The van der Waals surface area contributed by atoms with Crippen LogP contribution in [0.15, 0.2) is 46.9 Å². The van der Waals surface area contributed by atoms with Crippen LogP contribution in [0.5, 0.6) is 0 Å². The first-order valence-electron chi connectivity index (χ1n) is 6.93. The number of benzene rings is 2. The van der Waals surface area contributed by atoms with E-state index in [4.69, 9.17) is 11.6 Å². The van der Waals surface area contributed by atoms with E-state index in [-0.39, 0.29) is 36.0 Å². The monoisotopic (exact) mass is 391 g/mol. The molecule has 0 bridgehead atoms. The maximum absolute atomic E-state index is 12.9. The van der Waals surface area contributed by atoms with Crippen LogP contribution in [0, 0.1) is 0 Å². The van der Waals surface area contributed by atoms with E-state index in [9.17, 15) is 14.4 Å². The minimum Gasteiger partial charge on any atom is -0.288 e. The molecule has 1 fully saturated rings. The molecule has 1 aliphatic rings. The van der Waals surface area contributed by atoms with Crippen molar-refractivity contribution in [2.24, 2.45) is 0 Å². The molecule has 116 valence electrons. The van der Waals surface area contributed by atoms with E-state index in [0.717, 1.165) is 4.90 Å². The molecule has 23 heavy (non-hydrogen) atoms. The fourth-order valence-electron chi connectivity index (χ4n) is 2.52. The van der Waals surface area contributed by atoms with E-state index in [2.05, 4.69) is 15.9 Å². The van der Waals surface area contributed by atoms with Gasteiger partial charge < -0.3 is 0 Å². The van der Waals surface area contributed by atoms with Gasteiger partial charge >= 0.3 is 0 Å². The first-order valence-corrected chi connectivity index (χ1v) is 8.10. The smallest absolute Gasteiger partial charge is 0.234 e. The van der Waals surface area contributed by atoms with Crippen LogP contribution < -0.4 is 4.90 Å². The van der Waals surface area contributed by atoms with Crippen LogP contribution in [0.25, 0.3) is 0 Å². The molecule has 0 spiro atoms. The zero-order valence-electron chi connectivity index (χ0n) is 11.9. The van der Waals surface area contributed by atoms with Crippen LogP contribution in [0.3, 0.4) is 0 Å². The van der Waals surface area contributed by atoms with Crippen molar-refractivity contribution in [3.63, 3.8) is 0 Å². The lowest BCUT2D eigenvalue weighted by molar-refractivity contribution is -0.121. The molecule has 1 saturated heterocycles. The van der Waals surface area contributed by atoms with Crippen LogP contribution in [0.2, 0.25) is 5.02 Å². The van der Waals surface area contributed by atoms with Crippen LogP contribution in [-0.2, 0) is 9.59 Å². The van der Waals surface area contributed by atoms with E-state index < -0.39 is 0 Å². The van der Waals surface area contributed by atoms with Crippen molar-refractivity contribution in [3.8, 4) is 0 Å². The van der Waals surface area contributed by atoms with Crippen molar-refractivity contribution in [2.75, 3.05) is 4.90 Å². The van der Waals surface area contributed by atoms with Gasteiger partial charge in [0.1, 0.15) is 0 Å². The Morgan fingerprint density at radius 3 is 2.30 bits per heavy atom. The molecule has 4 nitrogen and oxygen atoms in total. The molecule has 0 radical (unpaired) electrons. The summed E-state index contributed by atoms with van der Waals surface area (Å²) in [5, 5.41) is 0.322. The Morgan fingerprint density at radius 1 is 1.00 bits per heavy atom. The lowest BCUT2D eigenvalue weighted by Crippen LogP contribution is -2.30. The van der Waals surface area contributed by atoms with Crippen molar-refractivity contribution in [3.05, 3.63) is 63.1 Å². The Morgan fingerprint density at radius 2 is 1.65 bits per heavy atom. The number of hydrogen-bond donors (Lipinski definition) is 0. The summed E-state index contributed by atoms with van der Waals surface area (Å²) in [5.74, 6) is -0.935. The van der Waals surface area contributed by atoms with Crippen molar-refractivity contribution in [1.82, 2.24) is 0 Å².